The van der Waals surface area contributed by atoms with E-state index in [1.165, 1.54) is 0 Å². The largest absolute Gasteiger partial charge is 0.456 e. The van der Waals surface area contributed by atoms with E-state index in [2.05, 4.69) is 6.07 Å². The zero-order chi connectivity index (χ0) is 13.8. The summed E-state index contributed by atoms with van der Waals surface area (Å²) in [4.78, 5) is 11.0. The summed E-state index contributed by atoms with van der Waals surface area (Å²) in [6.45, 7) is 3.76. The summed E-state index contributed by atoms with van der Waals surface area (Å²) >= 11 is 0. The molecule has 0 aliphatic carbocycles. The molecule has 2 aromatic rings. The van der Waals surface area contributed by atoms with Gasteiger partial charge < -0.3 is 4.74 Å². The molecule has 0 N–H and O–H groups in total. The van der Waals surface area contributed by atoms with Crippen LogP contribution in [0.5, 0.6) is 11.5 Å². The second kappa shape index (κ2) is 5.36. The van der Waals surface area contributed by atoms with E-state index < -0.39 is 0 Å². The van der Waals surface area contributed by atoms with Crippen LogP contribution in [-0.2, 0) is 0 Å². The molecule has 0 saturated carbocycles. The van der Waals surface area contributed by atoms with Crippen molar-refractivity contribution in [1.82, 2.24) is 0 Å². The number of aryl methyl sites for hydroxylation is 2. The number of carbonyl (C=O) groups excluding carboxylic acids is 1. The molecule has 0 atom stereocenters. The molecule has 0 spiro atoms. The van der Waals surface area contributed by atoms with Crippen molar-refractivity contribution < 1.29 is 9.53 Å². The first kappa shape index (κ1) is 12.8. The third kappa shape index (κ3) is 2.63. The smallest absolute Gasteiger partial charge is 0.153 e. The van der Waals surface area contributed by atoms with E-state index in [-0.39, 0.29) is 0 Å². The van der Waals surface area contributed by atoms with Crippen LogP contribution in [0.3, 0.4) is 0 Å². The number of benzene rings is 2. The Balaban J connectivity index is 2.44. The Kier molecular flexibility index (Phi) is 3.63. The first-order chi connectivity index (χ1) is 9.15. The van der Waals surface area contributed by atoms with Gasteiger partial charge in [-0.3, -0.25) is 4.79 Å². The van der Waals surface area contributed by atoms with E-state index >= 15 is 0 Å². The van der Waals surface area contributed by atoms with Crippen LogP contribution in [0, 0.1) is 25.2 Å². The number of hydrogen-bond acceptors (Lipinski definition) is 3. The van der Waals surface area contributed by atoms with Crippen LogP contribution in [0.2, 0.25) is 0 Å². The molecule has 0 heterocycles. The standard InChI is InChI=1S/C16H13NO2/c1-11-7-13(9-17)8-12(2)16(11)19-15-6-4-3-5-14(15)10-18/h3-8,10H,1-2H3. The van der Waals surface area contributed by atoms with Crippen LogP contribution in [0.25, 0.3) is 0 Å². The molecule has 3 nitrogen and oxygen atoms in total. The van der Waals surface area contributed by atoms with E-state index in [4.69, 9.17) is 10.00 Å². The second-order valence-electron chi connectivity index (χ2n) is 4.31. The average Bonchev–Trinajstić information content (AvgIpc) is 2.43. The van der Waals surface area contributed by atoms with Gasteiger partial charge in [-0.1, -0.05) is 12.1 Å². The van der Waals surface area contributed by atoms with E-state index in [9.17, 15) is 4.79 Å². The molecule has 94 valence electrons. The molecule has 0 fully saturated rings. The molecule has 2 rings (SSSR count). The number of hydrogen-bond donors (Lipinski definition) is 0. The first-order valence-corrected chi connectivity index (χ1v) is 5.89. The number of carbonyl (C=O) groups is 1. The minimum Gasteiger partial charge on any atom is -0.456 e. The maximum atomic E-state index is 11.0. The predicted molar refractivity (Wildman–Crippen MR) is 72.5 cm³/mol. The second-order valence-corrected chi connectivity index (χ2v) is 4.31. The highest BCUT2D eigenvalue weighted by molar-refractivity contribution is 5.79. The van der Waals surface area contributed by atoms with Gasteiger partial charge in [0.15, 0.2) is 6.29 Å². The van der Waals surface area contributed by atoms with Gasteiger partial charge >= 0.3 is 0 Å². The van der Waals surface area contributed by atoms with E-state index in [1.807, 2.05) is 19.9 Å². The van der Waals surface area contributed by atoms with Gasteiger partial charge in [0.2, 0.25) is 0 Å². The van der Waals surface area contributed by atoms with Crippen molar-refractivity contribution >= 4 is 6.29 Å². The molecule has 2 aromatic carbocycles. The van der Waals surface area contributed by atoms with Crippen molar-refractivity contribution in [2.75, 3.05) is 0 Å². The maximum absolute atomic E-state index is 11.0. The van der Waals surface area contributed by atoms with Crippen molar-refractivity contribution in [2.45, 2.75) is 13.8 Å². The van der Waals surface area contributed by atoms with Gasteiger partial charge in [-0.2, -0.15) is 5.26 Å². The fourth-order valence-corrected chi connectivity index (χ4v) is 1.96. The molecule has 0 radical (unpaired) electrons. The first-order valence-electron chi connectivity index (χ1n) is 5.89. The van der Waals surface area contributed by atoms with Gasteiger partial charge in [-0.05, 0) is 49.2 Å². The van der Waals surface area contributed by atoms with Crippen LogP contribution >= 0.6 is 0 Å². The van der Waals surface area contributed by atoms with E-state index in [0.29, 0.717) is 22.6 Å². The van der Waals surface area contributed by atoms with Crippen molar-refractivity contribution in [3.8, 4) is 17.6 Å². The SMILES string of the molecule is Cc1cc(C#N)cc(C)c1Oc1ccccc1C=O. The molecule has 19 heavy (non-hydrogen) atoms. The van der Waals surface area contributed by atoms with Crippen LogP contribution in [-0.4, -0.2) is 6.29 Å². The summed E-state index contributed by atoms with van der Waals surface area (Å²) in [6, 6.07) is 12.7. The minimum absolute atomic E-state index is 0.505. The monoisotopic (exact) mass is 251 g/mol. The topological polar surface area (TPSA) is 50.1 Å². The molecule has 0 aliphatic rings. The summed E-state index contributed by atoms with van der Waals surface area (Å²) in [7, 11) is 0. The Labute approximate surface area is 112 Å². The Bertz CT molecular complexity index is 646. The molecular formula is C16H13NO2. The highest BCUT2D eigenvalue weighted by Gasteiger charge is 2.09. The zero-order valence-corrected chi connectivity index (χ0v) is 10.8. The summed E-state index contributed by atoms with van der Waals surface area (Å²) in [5, 5.41) is 8.91. The Morgan fingerprint density at radius 2 is 1.79 bits per heavy atom. The van der Waals surface area contributed by atoms with E-state index in [0.717, 1.165) is 17.4 Å². The lowest BCUT2D eigenvalue weighted by Gasteiger charge is -2.13. The maximum Gasteiger partial charge on any atom is 0.153 e. The predicted octanol–water partition coefficient (Wildman–Crippen LogP) is 3.78. The van der Waals surface area contributed by atoms with Gasteiger partial charge in [0.05, 0.1) is 17.2 Å². The summed E-state index contributed by atoms with van der Waals surface area (Å²) in [6.07, 6.45) is 0.768. The molecular weight excluding hydrogens is 238 g/mol. The van der Waals surface area contributed by atoms with Crippen LogP contribution < -0.4 is 4.74 Å². The molecule has 0 unspecified atom stereocenters. The Morgan fingerprint density at radius 1 is 1.16 bits per heavy atom. The highest BCUT2D eigenvalue weighted by Crippen LogP contribution is 2.31. The van der Waals surface area contributed by atoms with Gasteiger partial charge in [0, 0.05) is 0 Å². The summed E-state index contributed by atoms with van der Waals surface area (Å²) in [5.74, 6) is 1.21. The lowest BCUT2D eigenvalue weighted by atomic mass is 10.1. The third-order valence-electron chi connectivity index (χ3n) is 2.85. The quantitative estimate of drug-likeness (QED) is 0.780. The number of para-hydroxylation sites is 1. The van der Waals surface area contributed by atoms with Crippen molar-refractivity contribution in [2.24, 2.45) is 0 Å². The summed E-state index contributed by atoms with van der Waals surface area (Å²) < 4.78 is 5.82. The van der Waals surface area contributed by atoms with Crippen molar-refractivity contribution in [3.05, 3.63) is 58.7 Å². The van der Waals surface area contributed by atoms with Crippen LogP contribution in [0.1, 0.15) is 27.0 Å². The van der Waals surface area contributed by atoms with Gasteiger partial charge in [-0.25, -0.2) is 0 Å². The molecule has 0 bridgehead atoms. The van der Waals surface area contributed by atoms with Crippen LogP contribution in [0.4, 0.5) is 0 Å². The number of aldehydes is 1. The number of rotatable bonds is 3. The molecule has 0 saturated heterocycles. The van der Waals surface area contributed by atoms with Crippen molar-refractivity contribution in [3.63, 3.8) is 0 Å². The molecule has 0 amide bonds. The third-order valence-corrected chi connectivity index (χ3v) is 2.85. The fraction of sp³-hybridized carbons (Fsp3) is 0.125. The van der Waals surface area contributed by atoms with Crippen LogP contribution in [0.15, 0.2) is 36.4 Å². The lowest BCUT2D eigenvalue weighted by molar-refractivity contribution is 0.112. The highest BCUT2D eigenvalue weighted by atomic mass is 16.5. The van der Waals surface area contributed by atoms with Gasteiger partial charge in [-0.15, -0.1) is 0 Å². The Morgan fingerprint density at radius 3 is 2.37 bits per heavy atom. The molecule has 0 aliphatic heterocycles. The minimum atomic E-state index is 0.505. The molecule has 0 aromatic heterocycles. The number of ether oxygens (including phenoxy) is 1. The Hall–Kier alpha value is -2.60. The lowest BCUT2D eigenvalue weighted by Crippen LogP contribution is -1.95. The van der Waals surface area contributed by atoms with Crippen molar-refractivity contribution in [1.29, 1.82) is 5.26 Å². The molecule has 3 heteroatoms. The number of nitrogens with zero attached hydrogens (tertiary/aromatic N) is 1. The van der Waals surface area contributed by atoms with Gasteiger partial charge in [0.1, 0.15) is 11.5 Å². The summed E-state index contributed by atoms with van der Waals surface area (Å²) in [5.41, 5.74) is 2.85. The number of nitriles is 1. The van der Waals surface area contributed by atoms with Gasteiger partial charge in [0.25, 0.3) is 0 Å². The normalized spacial score (nSPS) is 9.74. The zero-order valence-electron chi connectivity index (χ0n) is 10.8. The average molecular weight is 251 g/mol. The van der Waals surface area contributed by atoms with E-state index in [1.54, 1.807) is 30.3 Å². The fourth-order valence-electron chi connectivity index (χ4n) is 1.96.